The Balaban J connectivity index is 0.000000382. The minimum absolute atomic E-state index is 0.245. The zero-order valence-electron chi connectivity index (χ0n) is 14.0. The maximum absolute atomic E-state index is 5.73. The molecule has 0 saturated carbocycles. The molecular weight excluding hydrogens is 391 g/mol. The van der Waals surface area contributed by atoms with Crippen molar-refractivity contribution in [1.82, 2.24) is 19.9 Å². The summed E-state index contributed by atoms with van der Waals surface area (Å²) in [4.78, 5) is 15.1. The van der Waals surface area contributed by atoms with Crippen LogP contribution in [0.15, 0.2) is 24.8 Å². The summed E-state index contributed by atoms with van der Waals surface area (Å²) in [6.07, 6.45) is 6.09. The van der Waals surface area contributed by atoms with Gasteiger partial charge in [-0.2, -0.15) is 0 Å². The molecule has 0 aliphatic rings. The van der Waals surface area contributed by atoms with Gasteiger partial charge in [0, 0.05) is 52.1 Å². The molecule has 0 amide bonds. The summed E-state index contributed by atoms with van der Waals surface area (Å²) in [5, 5.41) is 3.86. The van der Waals surface area contributed by atoms with Crippen LogP contribution in [0.1, 0.15) is 0 Å². The third-order valence-electron chi connectivity index (χ3n) is 2.19. The van der Waals surface area contributed by atoms with Gasteiger partial charge in [0.2, 0.25) is 0 Å². The molecule has 2 rings (SSSR count). The molecule has 11 heteroatoms. The molecule has 2 heterocycles. The van der Waals surface area contributed by atoms with Gasteiger partial charge in [-0.1, -0.05) is 34.8 Å². The van der Waals surface area contributed by atoms with Gasteiger partial charge < -0.3 is 20.5 Å². The van der Waals surface area contributed by atoms with E-state index in [0.29, 0.717) is 37.3 Å². The average Bonchev–Trinajstić information content (AvgIpc) is 2.61. The SMILES string of the molecule is COCCN.COCCNc1nccnc1Cl.Clc1nccnc1Cl. The van der Waals surface area contributed by atoms with E-state index < -0.39 is 0 Å². The van der Waals surface area contributed by atoms with Crippen molar-refractivity contribution in [3.05, 3.63) is 40.2 Å². The topological polar surface area (TPSA) is 108 Å². The van der Waals surface area contributed by atoms with Crippen molar-refractivity contribution in [3.8, 4) is 0 Å². The van der Waals surface area contributed by atoms with Gasteiger partial charge in [-0.15, -0.1) is 0 Å². The molecule has 0 aromatic carbocycles. The molecular formula is C14H21Cl3N6O2. The van der Waals surface area contributed by atoms with E-state index in [0.717, 1.165) is 0 Å². The Hall–Kier alpha value is -1.29. The lowest BCUT2D eigenvalue weighted by atomic mass is 10.6. The number of anilines is 1. The monoisotopic (exact) mass is 410 g/mol. The second-order valence-corrected chi connectivity index (χ2v) is 5.11. The highest BCUT2D eigenvalue weighted by Gasteiger charge is 1.98. The van der Waals surface area contributed by atoms with Crippen molar-refractivity contribution in [2.45, 2.75) is 0 Å². The van der Waals surface area contributed by atoms with Gasteiger partial charge in [0.05, 0.1) is 13.2 Å². The fourth-order valence-corrected chi connectivity index (χ4v) is 1.52. The maximum atomic E-state index is 5.73. The molecule has 0 saturated heterocycles. The number of hydrogen-bond acceptors (Lipinski definition) is 8. The quantitative estimate of drug-likeness (QED) is 0.698. The third-order valence-corrected chi connectivity index (χ3v) is 3.11. The molecule has 0 bridgehead atoms. The van der Waals surface area contributed by atoms with Gasteiger partial charge in [0.25, 0.3) is 0 Å². The van der Waals surface area contributed by atoms with E-state index in [4.69, 9.17) is 45.3 Å². The van der Waals surface area contributed by atoms with Crippen molar-refractivity contribution in [2.24, 2.45) is 5.73 Å². The highest BCUT2D eigenvalue weighted by atomic mass is 35.5. The predicted octanol–water partition coefficient (Wildman–Crippen LogP) is 2.56. The summed E-state index contributed by atoms with van der Waals surface area (Å²) in [5.74, 6) is 0.594. The number of nitrogens with one attached hydrogen (secondary N) is 1. The summed E-state index contributed by atoms with van der Waals surface area (Å²) < 4.78 is 9.42. The Morgan fingerprint density at radius 2 is 1.32 bits per heavy atom. The van der Waals surface area contributed by atoms with E-state index in [1.807, 2.05) is 0 Å². The molecule has 0 fully saturated rings. The zero-order chi connectivity index (χ0) is 18.9. The molecule has 140 valence electrons. The van der Waals surface area contributed by atoms with Crippen LogP contribution >= 0.6 is 34.8 Å². The minimum Gasteiger partial charge on any atom is -0.383 e. The number of aromatic nitrogens is 4. The van der Waals surface area contributed by atoms with Gasteiger partial charge in [0.1, 0.15) is 0 Å². The van der Waals surface area contributed by atoms with Crippen LogP contribution in [-0.4, -0.2) is 60.5 Å². The van der Waals surface area contributed by atoms with Gasteiger partial charge >= 0.3 is 0 Å². The number of rotatable bonds is 6. The molecule has 3 N–H and O–H groups in total. The van der Waals surface area contributed by atoms with Gasteiger partial charge in [-0.25, -0.2) is 19.9 Å². The van der Waals surface area contributed by atoms with Crippen molar-refractivity contribution in [3.63, 3.8) is 0 Å². The first-order chi connectivity index (χ1) is 12.1. The summed E-state index contributed by atoms with van der Waals surface area (Å²) >= 11 is 16.5. The Morgan fingerprint density at radius 1 is 0.840 bits per heavy atom. The molecule has 2 aromatic rings. The van der Waals surface area contributed by atoms with Crippen LogP contribution in [0, 0.1) is 0 Å². The molecule has 8 nitrogen and oxygen atoms in total. The van der Waals surface area contributed by atoms with Crippen molar-refractivity contribution < 1.29 is 9.47 Å². The molecule has 0 spiro atoms. The van der Waals surface area contributed by atoms with Crippen molar-refractivity contribution in [1.29, 1.82) is 0 Å². The first-order valence-corrected chi connectivity index (χ1v) is 8.20. The van der Waals surface area contributed by atoms with Crippen LogP contribution in [0.25, 0.3) is 0 Å². The molecule has 0 radical (unpaired) electrons. The second-order valence-electron chi connectivity index (χ2n) is 4.03. The van der Waals surface area contributed by atoms with Crippen molar-refractivity contribution in [2.75, 3.05) is 45.8 Å². The number of nitrogens with zero attached hydrogens (tertiary/aromatic N) is 4. The highest BCUT2D eigenvalue weighted by Crippen LogP contribution is 2.13. The summed E-state index contributed by atoms with van der Waals surface area (Å²) in [5.41, 5.74) is 5.01. The van der Waals surface area contributed by atoms with E-state index in [2.05, 4.69) is 30.0 Å². The number of halogens is 3. The van der Waals surface area contributed by atoms with E-state index in [1.165, 1.54) is 12.4 Å². The van der Waals surface area contributed by atoms with Crippen LogP contribution in [0.4, 0.5) is 5.82 Å². The lowest BCUT2D eigenvalue weighted by Crippen LogP contribution is -2.09. The molecule has 0 aliphatic heterocycles. The van der Waals surface area contributed by atoms with Crippen LogP contribution < -0.4 is 11.1 Å². The molecule has 25 heavy (non-hydrogen) atoms. The summed E-state index contributed by atoms with van der Waals surface area (Å²) in [6.45, 7) is 2.58. The number of hydrogen-bond donors (Lipinski definition) is 2. The van der Waals surface area contributed by atoms with Crippen LogP contribution in [0.5, 0.6) is 0 Å². The highest BCUT2D eigenvalue weighted by molar-refractivity contribution is 6.40. The standard InChI is InChI=1S/C7H10ClN3O.C4H2Cl2N2.C3H9NO/c1-12-5-4-11-7-6(8)9-2-3-10-7;5-3-4(6)8-2-1-7-3;1-5-3-2-4/h2-3H,4-5H2,1H3,(H,10,11);1-2H;2-4H2,1H3. The average molecular weight is 412 g/mol. The molecule has 2 aromatic heterocycles. The normalized spacial score (nSPS) is 9.36. The van der Waals surface area contributed by atoms with Crippen LogP contribution in [0.2, 0.25) is 15.5 Å². The molecule has 0 aliphatic carbocycles. The second kappa shape index (κ2) is 16.2. The van der Waals surface area contributed by atoms with Crippen molar-refractivity contribution >= 4 is 40.6 Å². The van der Waals surface area contributed by atoms with E-state index in [9.17, 15) is 0 Å². The van der Waals surface area contributed by atoms with Crippen LogP contribution in [0.3, 0.4) is 0 Å². The predicted molar refractivity (Wildman–Crippen MR) is 100 cm³/mol. The molecule has 0 unspecified atom stereocenters. The number of nitrogens with two attached hydrogens (primary N) is 1. The maximum Gasteiger partial charge on any atom is 0.171 e. The summed E-state index contributed by atoms with van der Waals surface area (Å²) in [7, 11) is 3.27. The lowest BCUT2D eigenvalue weighted by molar-refractivity contribution is 0.207. The lowest BCUT2D eigenvalue weighted by Gasteiger charge is -2.04. The molecule has 0 atom stereocenters. The Bertz CT molecular complexity index is 557. The number of ether oxygens (including phenoxy) is 2. The van der Waals surface area contributed by atoms with E-state index in [-0.39, 0.29) is 10.3 Å². The number of methoxy groups -OCH3 is 2. The zero-order valence-corrected chi connectivity index (χ0v) is 16.2. The van der Waals surface area contributed by atoms with Gasteiger partial charge in [-0.05, 0) is 0 Å². The van der Waals surface area contributed by atoms with E-state index >= 15 is 0 Å². The fraction of sp³-hybridized carbons (Fsp3) is 0.429. The first kappa shape index (κ1) is 23.7. The van der Waals surface area contributed by atoms with Gasteiger partial charge in [0.15, 0.2) is 21.3 Å². The van der Waals surface area contributed by atoms with E-state index in [1.54, 1.807) is 26.6 Å². The fourth-order valence-electron chi connectivity index (χ4n) is 1.13. The smallest absolute Gasteiger partial charge is 0.171 e. The first-order valence-electron chi connectivity index (χ1n) is 7.07. The van der Waals surface area contributed by atoms with Crippen LogP contribution in [-0.2, 0) is 9.47 Å². The Labute approximate surface area is 162 Å². The minimum atomic E-state index is 0.245. The summed E-state index contributed by atoms with van der Waals surface area (Å²) in [6, 6.07) is 0. The Morgan fingerprint density at radius 3 is 1.68 bits per heavy atom. The largest absolute Gasteiger partial charge is 0.383 e. The van der Waals surface area contributed by atoms with Gasteiger partial charge in [-0.3, -0.25) is 0 Å². The Kier molecular flexibility index (Phi) is 15.4. The third kappa shape index (κ3) is 12.7.